The summed E-state index contributed by atoms with van der Waals surface area (Å²) in [7, 11) is 0. The quantitative estimate of drug-likeness (QED) is 0.183. The van der Waals surface area contributed by atoms with Gasteiger partial charge in [0.25, 0.3) is 0 Å². The molecule has 0 saturated heterocycles. The van der Waals surface area contributed by atoms with Gasteiger partial charge in [-0.15, -0.1) is 0 Å². The highest BCUT2D eigenvalue weighted by atomic mass is 16.3. The van der Waals surface area contributed by atoms with Crippen LogP contribution in [0.4, 0.5) is 0 Å². The molecule has 10 rings (SSSR count). The Morgan fingerprint density at radius 3 is 1.37 bits per heavy atom. The maximum Gasteiger partial charge on any atom is 0.164 e. The van der Waals surface area contributed by atoms with Crippen LogP contribution in [-0.2, 0) is 0 Å². The van der Waals surface area contributed by atoms with Gasteiger partial charge in [-0.2, -0.15) is 0 Å². The zero-order valence-corrected chi connectivity index (χ0v) is 26.3. The predicted octanol–water partition coefficient (Wildman–Crippen LogP) is 11.9. The second-order valence-corrected chi connectivity index (χ2v) is 12.4. The van der Waals surface area contributed by atoms with Crippen LogP contribution in [0.25, 0.3) is 99.5 Å². The van der Waals surface area contributed by atoms with Crippen LogP contribution in [0.5, 0.6) is 0 Å². The minimum atomic E-state index is 0.631. The number of hydrogen-bond acceptors (Lipinski definition) is 4. The molecule has 49 heavy (non-hydrogen) atoms. The molecule has 2 aromatic heterocycles. The van der Waals surface area contributed by atoms with Gasteiger partial charge in [-0.3, -0.25) is 0 Å². The Hall–Kier alpha value is -6.65. The normalized spacial score (nSPS) is 11.7. The highest BCUT2D eigenvalue weighted by Gasteiger charge is 2.15. The molecule has 228 valence electrons. The lowest BCUT2D eigenvalue weighted by molar-refractivity contribution is 0.669. The fourth-order valence-electron chi connectivity index (χ4n) is 7.11. The summed E-state index contributed by atoms with van der Waals surface area (Å²) in [6, 6.07) is 56.9. The van der Waals surface area contributed by atoms with Crippen molar-refractivity contribution in [2.24, 2.45) is 0 Å². The monoisotopic (exact) mass is 625 g/mol. The van der Waals surface area contributed by atoms with Crippen molar-refractivity contribution >= 4 is 54.3 Å². The van der Waals surface area contributed by atoms with Gasteiger partial charge >= 0.3 is 0 Å². The highest BCUT2D eigenvalue weighted by Crippen LogP contribution is 2.37. The summed E-state index contributed by atoms with van der Waals surface area (Å²) < 4.78 is 6.16. The lowest BCUT2D eigenvalue weighted by atomic mass is 9.93. The first-order valence-electron chi connectivity index (χ1n) is 16.4. The molecule has 0 aliphatic heterocycles. The van der Waals surface area contributed by atoms with Gasteiger partial charge in [0, 0.05) is 27.5 Å². The Labute approximate surface area is 282 Å². The number of fused-ring (bicyclic) bond motifs is 9. The van der Waals surface area contributed by atoms with Gasteiger partial charge in [0.2, 0.25) is 0 Å². The molecule has 0 saturated carbocycles. The van der Waals surface area contributed by atoms with E-state index in [2.05, 4.69) is 115 Å². The van der Waals surface area contributed by atoms with Gasteiger partial charge in [-0.25, -0.2) is 15.0 Å². The van der Waals surface area contributed by atoms with E-state index in [0.29, 0.717) is 17.5 Å². The van der Waals surface area contributed by atoms with Crippen LogP contribution in [0.3, 0.4) is 0 Å². The summed E-state index contributed by atoms with van der Waals surface area (Å²) >= 11 is 0. The zero-order chi connectivity index (χ0) is 32.3. The number of nitrogens with zero attached hydrogens (tertiary/aromatic N) is 3. The molecule has 10 aromatic rings. The van der Waals surface area contributed by atoms with Crippen LogP contribution in [0.2, 0.25) is 0 Å². The highest BCUT2D eigenvalue weighted by molar-refractivity contribution is 6.25. The van der Waals surface area contributed by atoms with E-state index in [-0.39, 0.29) is 0 Å². The largest absolute Gasteiger partial charge is 0.456 e. The molecule has 0 radical (unpaired) electrons. The minimum absolute atomic E-state index is 0.631. The average molecular weight is 626 g/mol. The van der Waals surface area contributed by atoms with Crippen molar-refractivity contribution in [2.45, 2.75) is 0 Å². The molecule has 0 N–H and O–H groups in total. The molecule has 4 heteroatoms. The molecule has 0 fully saturated rings. The Bertz CT molecular complexity index is 2840. The van der Waals surface area contributed by atoms with Crippen LogP contribution in [-0.4, -0.2) is 15.0 Å². The van der Waals surface area contributed by atoms with E-state index < -0.39 is 0 Å². The predicted molar refractivity (Wildman–Crippen MR) is 201 cm³/mol. The standard InChI is InChI=1S/C45H27N3O/c1-2-10-29(11-3-1)43-46-44(30-20-18-28(19-21-30)31-22-25-39-38-16-8-9-17-41(38)49-42(39)27-31)48-45(47-43)32-23-24-37-35-14-5-4-12-33(35)34-13-6-7-15-36(34)40(37)26-32/h1-27H. The van der Waals surface area contributed by atoms with E-state index in [1.165, 1.54) is 32.3 Å². The molecule has 0 amide bonds. The van der Waals surface area contributed by atoms with E-state index in [1.54, 1.807) is 0 Å². The van der Waals surface area contributed by atoms with Gasteiger partial charge in [-0.1, -0.05) is 140 Å². The fraction of sp³-hybridized carbons (Fsp3) is 0. The Kier molecular flexibility index (Phi) is 6.15. The topological polar surface area (TPSA) is 51.8 Å². The number of rotatable bonds is 4. The summed E-state index contributed by atoms with van der Waals surface area (Å²) in [6.07, 6.45) is 0. The molecule has 0 aliphatic carbocycles. The molecule has 0 atom stereocenters. The van der Waals surface area contributed by atoms with Gasteiger partial charge in [-0.05, 0) is 67.7 Å². The summed E-state index contributed by atoms with van der Waals surface area (Å²) in [5.41, 5.74) is 6.79. The number of aromatic nitrogens is 3. The van der Waals surface area contributed by atoms with Crippen LogP contribution in [0, 0.1) is 0 Å². The van der Waals surface area contributed by atoms with E-state index in [4.69, 9.17) is 19.4 Å². The summed E-state index contributed by atoms with van der Waals surface area (Å²) in [5, 5.41) is 9.60. The Balaban J connectivity index is 1.10. The first kappa shape index (κ1) is 27.5. The van der Waals surface area contributed by atoms with E-state index in [9.17, 15) is 0 Å². The van der Waals surface area contributed by atoms with Crippen molar-refractivity contribution in [2.75, 3.05) is 0 Å². The maximum absolute atomic E-state index is 6.16. The van der Waals surface area contributed by atoms with Crippen molar-refractivity contribution in [3.8, 4) is 45.3 Å². The van der Waals surface area contributed by atoms with Crippen LogP contribution in [0.15, 0.2) is 168 Å². The van der Waals surface area contributed by atoms with Gasteiger partial charge in [0.1, 0.15) is 11.2 Å². The minimum Gasteiger partial charge on any atom is -0.456 e. The third kappa shape index (κ3) is 4.57. The third-order valence-corrected chi connectivity index (χ3v) is 9.53. The molecule has 0 unspecified atom stereocenters. The summed E-state index contributed by atoms with van der Waals surface area (Å²) in [5.74, 6) is 1.91. The molecular weight excluding hydrogens is 599 g/mol. The Morgan fingerprint density at radius 2 is 0.694 bits per heavy atom. The van der Waals surface area contributed by atoms with Crippen molar-refractivity contribution in [3.63, 3.8) is 0 Å². The molecule has 0 bridgehead atoms. The number of para-hydroxylation sites is 1. The first-order valence-corrected chi connectivity index (χ1v) is 16.4. The second-order valence-electron chi connectivity index (χ2n) is 12.4. The van der Waals surface area contributed by atoms with E-state index in [1.807, 2.05) is 48.5 Å². The first-order chi connectivity index (χ1) is 24.3. The summed E-state index contributed by atoms with van der Waals surface area (Å²) in [6.45, 7) is 0. The van der Waals surface area contributed by atoms with Crippen molar-refractivity contribution in [1.29, 1.82) is 0 Å². The van der Waals surface area contributed by atoms with E-state index in [0.717, 1.165) is 49.8 Å². The van der Waals surface area contributed by atoms with Gasteiger partial charge in [0.15, 0.2) is 17.5 Å². The lowest BCUT2D eigenvalue weighted by Crippen LogP contribution is -2.00. The molecule has 0 aliphatic rings. The van der Waals surface area contributed by atoms with Gasteiger partial charge < -0.3 is 4.42 Å². The average Bonchev–Trinajstić information content (AvgIpc) is 3.56. The van der Waals surface area contributed by atoms with Crippen molar-refractivity contribution in [3.05, 3.63) is 164 Å². The molecule has 4 nitrogen and oxygen atoms in total. The maximum atomic E-state index is 6.16. The molecule has 8 aromatic carbocycles. The van der Waals surface area contributed by atoms with Crippen LogP contribution in [0.1, 0.15) is 0 Å². The van der Waals surface area contributed by atoms with Crippen LogP contribution < -0.4 is 0 Å². The number of hydrogen-bond donors (Lipinski definition) is 0. The second kappa shape index (κ2) is 11.0. The van der Waals surface area contributed by atoms with E-state index >= 15 is 0 Å². The van der Waals surface area contributed by atoms with Crippen molar-refractivity contribution < 1.29 is 4.42 Å². The summed E-state index contributed by atoms with van der Waals surface area (Å²) in [4.78, 5) is 15.1. The SMILES string of the molecule is c1ccc(-c2nc(-c3ccc(-c4ccc5c(c4)oc4ccccc45)cc3)nc(-c3ccc4c5ccccc5c5ccccc5c4c3)n2)cc1. The van der Waals surface area contributed by atoms with Gasteiger partial charge in [0.05, 0.1) is 0 Å². The number of benzene rings is 8. The van der Waals surface area contributed by atoms with Crippen LogP contribution >= 0.6 is 0 Å². The smallest absolute Gasteiger partial charge is 0.164 e. The molecular formula is C45H27N3O. The zero-order valence-electron chi connectivity index (χ0n) is 26.3. The molecule has 2 heterocycles. The Morgan fingerprint density at radius 1 is 0.265 bits per heavy atom. The number of furan rings is 1. The molecule has 0 spiro atoms. The van der Waals surface area contributed by atoms with Crippen molar-refractivity contribution in [1.82, 2.24) is 15.0 Å². The lowest BCUT2D eigenvalue weighted by Gasteiger charge is -2.12. The fourth-order valence-corrected chi connectivity index (χ4v) is 7.11. The third-order valence-electron chi connectivity index (χ3n) is 9.53.